The van der Waals surface area contributed by atoms with Gasteiger partial charge in [-0.1, -0.05) is 12.1 Å². The van der Waals surface area contributed by atoms with E-state index < -0.39 is 17.7 Å². The van der Waals surface area contributed by atoms with Crippen molar-refractivity contribution in [1.82, 2.24) is 9.97 Å². The second-order valence-electron chi connectivity index (χ2n) is 7.14. The lowest BCUT2D eigenvalue weighted by Crippen LogP contribution is -2.18. The van der Waals surface area contributed by atoms with Gasteiger partial charge in [0.25, 0.3) is 0 Å². The minimum Gasteiger partial charge on any atom is -0.482 e. The molecule has 0 radical (unpaired) electrons. The molecule has 0 aliphatic rings. The summed E-state index contributed by atoms with van der Waals surface area (Å²) in [6.07, 6.45) is -1.23. The zero-order valence-electron chi connectivity index (χ0n) is 17.8. The first-order chi connectivity index (χ1) is 15.2. The van der Waals surface area contributed by atoms with Crippen LogP contribution < -0.4 is 9.64 Å². The van der Waals surface area contributed by atoms with Crippen LogP contribution in [-0.2, 0) is 22.3 Å². The Morgan fingerprint density at radius 2 is 1.78 bits per heavy atom. The van der Waals surface area contributed by atoms with Gasteiger partial charge in [0, 0.05) is 18.3 Å². The molecule has 0 amide bonds. The third-order valence-corrected chi connectivity index (χ3v) is 4.78. The Bertz CT molecular complexity index is 1070. The molecule has 0 atom stereocenters. The Hall–Kier alpha value is -3.62. The second-order valence-corrected chi connectivity index (χ2v) is 7.14. The van der Waals surface area contributed by atoms with Gasteiger partial charge in [0.2, 0.25) is 0 Å². The standard InChI is InChI=1S/C23H22F3N3O3/c1-15-10-19(8-9-21(15)32-14-22(30)31-3)29(2)13-18-11-28-20(12-27-18)16-4-6-17(7-5-16)23(24,25)26/h4-12H,13-14H2,1-3H3. The fraction of sp³-hybridized carbons (Fsp3) is 0.261. The molecular formula is C23H22F3N3O3. The van der Waals surface area contributed by atoms with Gasteiger partial charge in [-0.25, -0.2) is 4.79 Å². The molecule has 0 saturated heterocycles. The number of carbonyl (C=O) groups excluding carboxylic acids is 1. The summed E-state index contributed by atoms with van der Waals surface area (Å²) in [5, 5.41) is 0. The van der Waals surface area contributed by atoms with Gasteiger partial charge in [-0.15, -0.1) is 0 Å². The number of nitrogens with zero attached hydrogens (tertiary/aromatic N) is 3. The van der Waals surface area contributed by atoms with E-state index in [1.54, 1.807) is 18.5 Å². The molecule has 0 bridgehead atoms. The Kier molecular flexibility index (Phi) is 6.97. The van der Waals surface area contributed by atoms with Gasteiger partial charge >= 0.3 is 12.1 Å². The van der Waals surface area contributed by atoms with Crippen LogP contribution in [0.1, 0.15) is 16.8 Å². The lowest BCUT2D eigenvalue weighted by Gasteiger charge is -2.20. The van der Waals surface area contributed by atoms with E-state index in [2.05, 4.69) is 14.7 Å². The lowest BCUT2D eigenvalue weighted by atomic mass is 10.1. The van der Waals surface area contributed by atoms with Crippen molar-refractivity contribution in [3.63, 3.8) is 0 Å². The Labute approximate surface area is 183 Å². The maximum Gasteiger partial charge on any atom is 0.416 e. The minimum absolute atomic E-state index is 0.159. The van der Waals surface area contributed by atoms with Crippen molar-refractivity contribution in [1.29, 1.82) is 0 Å². The van der Waals surface area contributed by atoms with E-state index in [4.69, 9.17) is 4.74 Å². The highest BCUT2D eigenvalue weighted by atomic mass is 19.4. The van der Waals surface area contributed by atoms with Crippen molar-refractivity contribution in [2.45, 2.75) is 19.6 Å². The fourth-order valence-corrected chi connectivity index (χ4v) is 2.98. The van der Waals surface area contributed by atoms with Crippen molar-refractivity contribution >= 4 is 11.7 Å². The van der Waals surface area contributed by atoms with Gasteiger partial charge in [0.15, 0.2) is 6.61 Å². The van der Waals surface area contributed by atoms with Crippen LogP contribution in [0.4, 0.5) is 18.9 Å². The molecule has 3 rings (SSSR count). The molecule has 0 unspecified atom stereocenters. The largest absolute Gasteiger partial charge is 0.482 e. The molecule has 0 N–H and O–H groups in total. The van der Waals surface area contributed by atoms with E-state index in [1.807, 2.05) is 31.0 Å². The molecule has 0 saturated carbocycles. The Balaban J connectivity index is 1.65. The Morgan fingerprint density at radius 1 is 1.06 bits per heavy atom. The number of anilines is 1. The van der Waals surface area contributed by atoms with Crippen molar-refractivity contribution in [3.8, 4) is 17.0 Å². The molecule has 6 nitrogen and oxygen atoms in total. The summed E-state index contributed by atoms with van der Waals surface area (Å²) < 4.78 is 48.1. The van der Waals surface area contributed by atoms with Crippen molar-refractivity contribution < 1.29 is 27.4 Å². The lowest BCUT2D eigenvalue weighted by molar-refractivity contribution is -0.143. The summed E-state index contributed by atoms with van der Waals surface area (Å²) >= 11 is 0. The zero-order valence-corrected chi connectivity index (χ0v) is 17.8. The van der Waals surface area contributed by atoms with Gasteiger partial charge < -0.3 is 14.4 Å². The summed E-state index contributed by atoms with van der Waals surface area (Å²) in [4.78, 5) is 21.9. The van der Waals surface area contributed by atoms with E-state index in [-0.39, 0.29) is 6.61 Å². The Morgan fingerprint density at radius 3 is 2.34 bits per heavy atom. The average Bonchev–Trinajstić information content (AvgIpc) is 2.78. The predicted octanol–water partition coefficient (Wildman–Crippen LogP) is 4.66. The smallest absolute Gasteiger partial charge is 0.416 e. The van der Waals surface area contributed by atoms with Gasteiger partial charge in [-0.2, -0.15) is 13.2 Å². The summed E-state index contributed by atoms with van der Waals surface area (Å²) in [5.74, 6) is 0.136. The number of alkyl halides is 3. The molecule has 168 valence electrons. The molecule has 2 aromatic carbocycles. The van der Waals surface area contributed by atoms with Crippen molar-refractivity contribution in [2.24, 2.45) is 0 Å². The third kappa shape index (κ3) is 5.75. The summed E-state index contributed by atoms with van der Waals surface area (Å²) in [7, 11) is 3.20. The molecule has 0 aliphatic carbocycles. The van der Waals surface area contributed by atoms with Gasteiger partial charge in [0.1, 0.15) is 5.75 Å². The highest BCUT2D eigenvalue weighted by molar-refractivity contribution is 5.71. The third-order valence-electron chi connectivity index (χ3n) is 4.78. The highest BCUT2D eigenvalue weighted by Crippen LogP contribution is 2.30. The monoisotopic (exact) mass is 445 g/mol. The van der Waals surface area contributed by atoms with E-state index in [0.717, 1.165) is 23.4 Å². The topological polar surface area (TPSA) is 64.6 Å². The molecule has 0 aliphatic heterocycles. The SMILES string of the molecule is COC(=O)COc1ccc(N(C)Cc2cnc(-c3ccc(C(F)(F)F)cc3)cn2)cc1C. The van der Waals surface area contributed by atoms with Gasteiger partial charge in [-0.05, 0) is 42.8 Å². The maximum absolute atomic E-state index is 12.7. The van der Waals surface area contributed by atoms with E-state index >= 15 is 0 Å². The molecule has 1 heterocycles. The number of methoxy groups -OCH3 is 1. The van der Waals surface area contributed by atoms with Gasteiger partial charge in [-0.3, -0.25) is 9.97 Å². The number of aromatic nitrogens is 2. The number of ether oxygens (including phenoxy) is 2. The summed E-state index contributed by atoms with van der Waals surface area (Å²) in [6, 6.07) is 10.4. The number of aryl methyl sites for hydroxylation is 1. The zero-order chi connectivity index (χ0) is 23.3. The minimum atomic E-state index is -4.37. The molecule has 3 aromatic rings. The van der Waals surface area contributed by atoms with Crippen LogP contribution in [-0.4, -0.2) is 36.7 Å². The van der Waals surface area contributed by atoms with E-state index in [0.29, 0.717) is 29.2 Å². The molecule has 1 aromatic heterocycles. The number of benzene rings is 2. The van der Waals surface area contributed by atoms with Crippen LogP contribution >= 0.6 is 0 Å². The number of rotatable bonds is 7. The highest BCUT2D eigenvalue weighted by Gasteiger charge is 2.30. The first-order valence-electron chi connectivity index (χ1n) is 9.67. The van der Waals surface area contributed by atoms with Crippen molar-refractivity contribution in [3.05, 3.63) is 71.7 Å². The number of hydrogen-bond acceptors (Lipinski definition) is 6. The van der Waals surface area contributed by atoms with Crippen LogP contribution in [0.15, 0.2) is 54.9 Å². The quantitative estimate of drug-likeness (QED) is 0.493. The molecule has 9 heteroatoms. The first-order valence-corrected chi connectivity index (χ1v) is 9.67. The first kappa shape index (κ1) is 23.1. The number of halogens is 3. The van der Waals surface area contributed by atoms with Crippen LogP contribution in [0.25, 0.3) is 11.3 Å². The number of carbonyl (C=O) groups is 1. The van der Waals surface area contributed by atoms with Crippen LogP contribution in [0, 0.1) is 6.92 Å². The predicted molar refractivity (Wildman–Crippen MR) is 113 cm³/mol. The summed E-state index contributed by atoms with van der Waals surface area (Å²) in [6.45, 7) is 2.19. The van der Waals surface area contributed by atoms with E-state index in [1.165, 1.54) is 19.2 Å². The normalized spacial score (nSPS) is 11.2. The van der Waals surface area contributed by atoms with Crippen LogP contribution in [0.2, 0.25) is 0 Å². The van der Waals surface area contributed by atoms with Crippen molar-refractivity contribution in [2.75, 3.05) is 25.7 Å². The fourth-order valence-electron chi connectivity index (χ4n) is 2.98. The number of hydrogen-bond donors (Lipinski definition) is 0. The van der Waals surface area contributed by atoms with E-state index in [9.17, 15) is 18.0 Å². The van der Waals surface area contributed by atoms with Gasteiger partial charge in [0.05, 0.1) is 43.0 Å². The van der Waals surface area contributed by atoms with Crippen LogP contribution in [0.5, 0.6) is 5.75 Å². The molecular weight excluding hydrogens is 423 g/mol. The summed E-state index contributed by atoms with van der Waals surface area (Å²) in [5.41, 5.74) is 2.83. The van der Waals surface area contributed by atoms with Crippen LogP contribution in [0.3, 0.4) is 0 Å². The number of esters is 1. The average molecular weight is 445 g/mol. The maximum atomic E-state index is 12.7. The molecule has 32 heavy (non-hydrogen) atoms. The molecule has 0 spiro atoms. The second kappa shape index (κ2) is 9.67. The molecule has 0 fully saturated rings.